The van der Waals surface area contributed by atoms with Gasteiger partial charge in [0, 0.05) is 46.0 Å². The van der Waals surface area contributed by atoms with Crippen molar-refractivity contribution in [1.29, 1.82) is 0 Å². The van der Waals surface area contributed by atoms with Crippen molar-refractivity contribution in [3.8, 4) is 5.75 Å². The number of phenolic OH excluding ortho intramolecular Hbond substituents is 1. The lowest BCUT2D eigenvalue weighted by Gasteiger charge is -2.16. The van der Waals surface area contributed by atoms with Crippen molar-refractivity contribution in [2.45, 2.75) is 23.3 Å². The average Bonchev–Trinajstić information content (AvgIpc) is 3.09. The van der Waals surface area contributed by atoms with Gasteiger partial charge >= 0.3 is 5.97 Å². The summed E-state index contributed by atoms with van der Waals surface area (Å²) in [5, 5.41) is 27.4. The molecule has 9 heteroatoms. The Kier molecular flexibility index (Phi) is 15.4. The van der Waals surface area contributed by atoms with Crippen molar-refractivity contribution in [2.75, 3.05) is 31.8 Å². The standard InChI is InChI=1S/C19H20O4S.C17H18O3S/c1-23-19(22)16-9-7-15(8-10-16)18(24-12-11-20)13-17(21)14-5-3-2-4-6-14;18-10-11-21-17(14-6-8-15(19)9-7-14)12-16(20)13-4-2-1-3-5-13/h2-10,18,20H,11-13H2,1H3;1-9,17-19H,10-12H2. The van der Waals surface area contributed by atoms with Crippen LogP contribution in [0.2, 0.25) is 0 Å². The fourth-order valence-electron chi connectivity index (χ4n) is 4.40. The van der Waals surface area contributed by atoms with Crippen molar-refractivity contribution >= 4 is 41.1 Å². The molecule has 4 rings (SSSR count). The quantitative estimate of drug-likeness (QED) is 0.0931. The van der Waals surface area contributed by atoms with Crippen LogP contribution in [0.4, 0.5) is 0 Å². The van der Waals surface area contributed by atoms with Crippen LogP contribution >= 0.6 is 23.5 Å². The Morgan fingerprint density at radius 2 is 1.00 bits per heavy atom. The Labute approximate surface area is 272 Å². The van der Waals surface area contributed by atoms with Gasteiger partial charge in [0.2, 0.25) is 0 Å². The number of ketones is 2. The van der Waals surface area contributed by atoms with Crippen molar-refractivity contribution in [2.24, 2.45) is 0 Å². The molecule has 4 aromatic carbocycles. The number of methoxy groups -OCH3 is 1. The Morgan fingerprint density at radius 3 is 1.38 bits per heavy atom. The zero-order valence-corrected chi connectivity index (χ0v) is 26.7. The summed E-state index contributed by atoms with van der Waals surface area (Å²) in [6.07, 6.45) is 0.714. The number of aliphatic hydroxyl groups is 2. The number of benzene rings is 4. The van der Waals surface area contributed by atoms with E-state index in [-0.39, 0.29) is 47.0 Å². The Morgan fingerprint density at radius 1 is 0.600 bits per heavy atom. The normalized spacial score (nSPS) is 11.9. The highest BCUT2D eigenvalue weighted by Crippen LogP contribution is 2.34. The summed E-state index contributed by atoms with van der Waals surface area (Å²) >= 11 is 3.08. The summed E-state index contributed by atoms with van der Waals surface area (Å²) < 4.78 is 4.69. The number of Topliss-reactive ketones (excluding diaryl/α,β-unsaturated/α-hetero) is 2. The minimum atomic E-state index is -0.388. The van der Waals surface area contributed by atoms with Crippen molar-refractivity contribution in [3.63, 3.8) is 0 Å². The summed E-state index contributed by atoms with van der Waals surface area (Å²) in [4.78, 5) is 36.3. The van der Waals surface area contributed by atoms with Crippen LogP contribution in [0.1, 0.15) is 65.5 Å². The topological polar surface area (TPSA) is 121 Å². The number of esters is 1. The average molecular weight is 647 g/mol. The fourth-order valence-corrected chi connectivity index (χ4v) is 6.41. The summed E-state index contributed by atoms with van der Waals surface area (Å²) in [6.45, 7) is 0.139. The van der Waals surface area contributed by atoms with Gasteiger partial charge in [-0.25, -0.2) is 4.79 Å². The number of aliphatic hydroxyl groups excluding tert-OH is 2. The van der Waals surface area contributed by atoms with E-state index in [1.165, 1.54) is 18.9 Å². The van der Waals surface area contributed by atoms with E-state index in [0.29, 0.717) is 41.0 Å². The molecule has 0 heterocycles. The molecule has 3 N–H and O–H groups in total. The van der Waals surface area contributed by atoms with Crippen LogP contribution in [-0.4, -0.2) is 64.7 Å². The lowest BCUT2D eigenvalue weighted by atomic mass is 10.0. The first-order chi connectivity index (χ1) is 21.9. The monoisotopic (exact) mass is 646 g/mol. The van der Waals surface area contributed by atoms with Crippen LogP contribution in [0.15, 0.2) is 109 Å². The molecule has 0 aliphatic carbocycles. The van der Waals surface area contributed by atoms with Gasteiger partial charge in [-0.1, -0.05) is 84.9 Å². The molecule has 0 bridgehead atoms. The Hall–Kier alpha value is -3.89. The molecule has 0 saturated heterocycles. The molecule has 0 amide bonds. The second-order valence-corrected chi connectivity index (χ2v) is 12.5. The molecule has 0 aromatic heterocycles. The number of carbonyl (C=O) groups is 3. The number of thioether (sulfide) groups is 2. The number of ether oxygens (including phenoxy) is 1. The number of hydrogen-bond acceptors (Lipinski definition) is 9. The van der Waals surface area contributed by atoms with E-state index in [9.17, 15) is 19.5 Å². The minimum absolute atomic E-state index is 0.0227. The molecular formula is C36H38O7S2. The molecule has 0 radical (unpaired) electrons. The maximum absolute atomic E-state index is 12.5. The lowest BCUT2D eigenvalue weighted by molar-refractivity contribution is 0.0600. The molecule has 0 spiro atoms. The van der Waals surface area contributed by atoms with Crippen LogP contribution < -0.4 is 0 Å². The predicted molar refractivity (Wildman–Crippen MR) is 181 cm³/mol. The molecule has 0 aliphatic heterocycles. The molecule has 2 atom stereocenters. The van der Waals surface area contributed by atoms with Gasteiger partial charge in [0.25, 0.3) is 0 Å². The van der Waals surface area contributed by atoms with E-state index in [1.54, 1.807) is 48.2 Å². The van der Waals surface area contributed by atoms with Gasteiger partial charge in [-0.15, -0.1) is 0 Å². The highest BCUT2D eigenvalue weighted by Gasteiger charge is 2.19. The third-order valence-corrected chi connectivity index (χ3v) is 9.24. The smallest absolute Gasteiger partial charge is 0.337 e. The van der Waals surface area contributed by atoms with Crippen LogP contribution in [0.3, 0.4) is 0 Å². The van der Waals surface area contributed by atoms with E-state index in [2.05, 4.69) is 0 Å². The molecule has 2 unspecified atom stereocenters. The number of aromatic hydroxyl groups is 1. The summed E-state index contributed by atoms with van der Waals surface area (Å²) in [5.41, 5.74) is 3.78. The van der Waals surface area contributed by atoms with E-state index in [4.69, 9.17) is 14.9 Å². The van der Waals surface area contributed by atoms with Gasteiger partial charge in [0.1, 0.15) is 5.75 Å². The Balaban J connectivity index is 0.000000248. The van der Waals surface area contributed by atoms with E-state index < -0.39 is 0 Å². The van der Waals surface area contributed by atoms with E-state index in [0.717, 1.165) is 11.1 Å². The van der Waals surface area contributed by atoms with Crippen molar-refractivity contribution < 1.29 is 34.4 Å². The molecule has 236 valence electrons. The molecule has 45 heavy (non-hydrogen) atoms. The first-order valence-electron chi connectivity index (χ1n) is 14.4. The second kappa shape index (κ2) is 19.5. The molecule has 0 aliphatic rings. The SMILES string of the molecule is COC(=O)c1ccc(C(CC(=O)c2ccccc2)SCCO)cc1.O=C(CC(SCCO)c1ccc(O)cc1)c1ccccc1. The number of phenols is 1. The van der Waals surface area contributed by atoms with Crippen molar-refractivity contribution in [1.82, 2.24) is 0 Å². The van der Waals surface area contributed by atoms with Gasteiger partial charge in [-0.3, -0.25) is 9.59 Å². The van der Waals surface area contributed by atoms with Crippen LogP contribution in [0, 0.1) is 0 Å². The number of carbonyl (C=O) groups excluding carboxylic acids is 3. The second-order valence-electron chi connectivity index (χ2n) is 9.86. The minimum Gasteiger partial charge on any atom is -0.508 e. The molecule has 4 aromatic rings. The molecule has 0 saturated carbocycles. The number of hydrogen-bond donors (Lipinski definition) is 3. The maximum Gasteiger partial charge on any atom is 0.337 e. The van der Waals surface area contributed by atoms with Crippen molar-refractivity contribution in [3.05, 3.63) is 137 Å². The Bertz CT molecular complexity index is 1460. The van der Waals surface area contributed by atoms with Gasteiger partial charge in [0.15, 0.2) is 11.6 Å². The summed E-state index contributed by atoms with van der Waals surface area (Å²) in [5.74, 6) is 1.08. The third kappa shape index (κ3) is 11.9. The molecular weight excluding hydrogens is 609 g/mol. The first kappa shape index (κ1) is 35.6. The summed E-state index contributed by atoms with van der Waals surface area (Å²) in [7, 11) is 1.34. The lowest BCUT2D eigenvalue weighted by Crippen LogP contribution is -2.07. The van der Waals surface area contributed by atoms with Gasteiger partial charge in [-0.05, 0) is 35.4 Å². The van der Waals surface area contributed by atoms with E-state index >= 15 is 0 Å². The highest BCUT2D eigenvalue weighted by atomic mass is 32.2. The predicted octanol–water partition coefficient (Wildman–Crippen LogP) is 6.94. The fraction of sp³-hybridized carbons (Fsp3) is 0.250. The number of rotatable bonds is 15. The third-order valence-electron chi connectivity index (χ3n) is 6.72. The van der Waals surface area contributed by atoms with Gasteiger partial charge in [-0.2, -0.15) is 23.5 Å². The maximum atomic E-state index is 12.5. The molecule has 0 fully saturated rings. The van der Waals surface area contributed by atoms with Gasteiger partial charge in [0.05, 0.1) is 25.9 Å². The van der Waals surface area contributed by atoms with E-state index in [1.807, 2.05) is 72.8 Å². The van der Waals surface area contributed by atoms with Crippen LogP contribution in [-0.2, 0) is 4.74 Å². The van der Waals surface area contributed by atoms with Gasteiger partial charge < -0.3 is 20.1 Å². The highest BCUT2D eigenvalue weighted by molar-refractivity contribution is 7.99. The van der Waals surface area contributed by atoms with Crippen LogP contribution in [0.5, 0.6) is 5.75 Å². The largest absolute Gasteiger partial charge is 0.508 e. The zero-order valence-electron chi connectivity index (χ0n) is 25.1. The molecule has 7 nitrogen and oxygen atoms in total. The zero-order chi connectivity index (χ0) is 32.4. The van der Waals surface area contributed by atoms with Crippen LogP contribution in [0.25, 0.3) is 0 Å². The first-order valence-corrected chi connectivity index (χ1v) is 16.5. The summed E-state index contributed by atoms with van der Waals surface area (Å²) in [6, 6.07) is 32.3.